The van der Waals surface area contributed by atoms with Gasteiger partial charge in [0.25, 0.3) is 5.69 Å². The number of ketones is 1. The number of imidazole rings is 1. The number of hydrogen-bond donors (Lipinski definition) is 1. The van der Waals surface area contributed by atoms with E-state index in [2.05, 4.69) is 10.3 Å². The normalized spacial score (nSPS) is 16.3. The molecule has 130 valence electrons. The average molecular weight is 348 g/mol. The zero-order valence-corrected chi connectivity index (χ0v) is 14.3. The zero-order chi connectivity index (χ0) is 18.4. The number of rotatable bonds is 3. The van der Waals surface area contributed by atoms with Crippen molar-refractivity contribution in [1.82, 2.24) is 9.55 Å². The van der Waals surface area contributed by atoms with E-state index in [0.29, 0.717) is 22.8 Å². The number of anilines is 1. The summed E-state index contributed by atoms with van der Waals surface area (Å²) < 4.78 is 1.86. The number of Topliss-reactive ketones (excluding diaryl/α,β-unsaturated/α-hetero) is 1. The largest absolute Gasteiger partial charge is 0.329 e. The Balaban J connectivity index is 2.08. The quantitative estimate of drug-likeness (QED) is 0.574. The van der Waals surface area contributed by atoms with Crippen LogP contribution in [0, 0.1) is 10.1 Å². The molecule has 1 aromatic heterocycles. The third-order valence-corrected chi connectivity index (χ3v) is 4.64. The van der Waals surface area contributed by atoms with E-state index in [9.17, 15) is 14.9 Å². The van der Waals surface area contributed by atoms with E-state index in [1.807, 2.05) is 28.8 Å². The third-order valence-electron chi connectivity index (χ3n) is 4.64. The first-order chi connectivity index (χ1) is 12.5. The van der Waals surface area contributed by atoms with Crippen molar-refractivity contribution in [3.8, 4) is 0 Å². The first-order valence-electron chi connectivity index (χ1n) is 8.18. The zero-order valence-electron chi connectivity index (χ0n) is 14.3. The first-order valence-corrected chi connectivity index (χ1v) is 8.18. The summed E-state index contributed by atoms with van der Waals surface area (Å²) in [5.74, 6) is 0.429. The van der Waals surface area contributed by atoms with Crippen LogP contribution < -0.4 is 5.32 Å². The maximum atomic E-state index is 12.4. The number of nitrogens with zero attached hydrogens (tertiary/aromatic N) is 3. The van der Waals surface area contributed by atoms with Crippen LogP contribution in [0.4, 0.5) is 11.6 Å². The summed E-state index contributed by atoms with van der Waals surface area (Å²) in [5, 5.41) is 14.8. The highest BCUT2D eigenvalue weighted by atomic mass is 16.6. The van der Waals surface area contributed by atoms with Gasteiger partial charge in [-0.05, 0) is 32.0 Å². The van der Waals surface area contributed by atoms with Gasteiger partial charge in [0.15, 0.2) is 5.78 Å². The Labute approximate surface area is 149 Å². The average Bonchev–Trinajstić information content (AvgIpc) is 2.98. The minimum Gasteiger partial charge on any atom is -0.329 e. The molecule has 3 aromatic rings. The fourth-order valence-corrected chi connectivity index (χ4v) is 3.60. The topological polar surface area (TPSA) is 90.1 Å². The second-order valence-corrected chi connectivity index (χ2v) is 6.23. The van der Waals surface area contributed by atoms with Gasteiger partial charge in [-0.1, -0.05) is 24.3 Å². The van der Waals surface area contributed by atoms with Crippen LogP contribution in [0.25, 0.3) is 11.0 Å². The molecule has 7 nitrogen and oxygen atoms in total. The van der Waals surface area contributed by atoms with Crippen LogP contribution >= 0.6 is 0 Å². The van der Waals surface area contributed by atoms with Crippen molar-refractivity contribution < 1.29 is 9.72 Å². The van der Waals surface area contributed by atoms with E-state index in [1.54, 1.807) is 25.1 Å². The van der Waals surface area contributed by atoms with Crippen molar-refractivity contribution in [2.75, 3.05) is 5.32 Å². The van der Waals surface area contributed by atoms with Crippen LogP contribution in [0.5, 0.6) is 0 Å². The molecule has 0 bridgehead atoms. The van der Waals surface area contributed by atoms with Gasteiger partial charge in [0.2, 0.25) is 5.95 Å². The highest BCUT2D eigenvalue weighted by Gasteiger charge is 2.35. The maximum Gasteiger partial charge on any atom is 0.275 e. The van der Waals surface area contributed by atoms with Crippen LogP contribution in [0.3, 0.4) is 0 Å². The Kier molecular flexibility index (Phi) is 3.57. The monoisotopic (exact) mass is 348 g/mol. The smallest absolute Gasteiger partial charge is 0.275 e. The van der Waals surface area contributed by atoms with Crippen molar-refractivity contribution in [2.24, 2.45) is 0 Å². The molecule has 0 saturated heterocycles. The van der Waals surface area contributed by atoms with Gasteiger partial charge in [-0.25, -0.2) is 4.98 Å². The highest BCUT2D eigenvalue weighted by Crippen LogP contribution is 2.41. The molecule has 26 heavy (non-hydrogen) atoms. The van der Waals surface area contributed by atoms with E-state index >= 15 is 0 Å². The number of fused-ring (bicyclic) bond motifs is 3. The lowest BCUT2D eigenvalue weighted by Gasteiger charge is -2.29. The molecular formula is C19H16N4O3. The van der Waals surface area contributed by atoms with Gasteiger partial charge in [-0.3, -0.25) is 19.5 Å². The molecule has 4 rings (SSSR count). The fraction of sp³-hybridized carbons (Fsp3) is 0.158. The van der Waals surface area contributed by atoms with Crippen molar-refractivity contribution >= 4 is 28.5 Å². The molecule has 0 aliphatic carbocycles. The number of nitrogens with one attached hydrogen (secondary N) is 1. The Morgan fingerprint density at radius 1 is 1.19 bits per heavy atom. The molecule has 0 spiro atoms. The summed E-state index contributed by atoms with van der Waals surface area (Å²) in [4.78, 5) is 28.2. The second-order valence-electron chi connectivity index (χ2n) is 6.23. The van der Waals surface area contributed by atoms with Crippen molar-refractivity contribution in [3.05, 3.63) is 75.5 Å². The number of nitro groups is 1. The Morgan fingerprint density at radius 3 is 2.62 bits per heavy atom. The first kappa shape index (κ1) is 16.0. The number of allylic oxidation sites excluding steroid dienone is 2. The molecule has 1 aliphatic rings. The SMILES string of the molecule is CC(=O)C1=C(C)Nc2nc3ccccc3n2[C@@H]1c1ccccc1[N+](=O)[O-]. The Hall–Kier alpha value is -3.48. The molecule has 1 aliphatic heterocycles. The lowest BCUT2D eigenvalue weighted by molar-refractivity contribution is -0.385. The molecule has 7 heteroatoms. The van der Waals surface area contributed by atoms with Crippen molar-refractivity contribution in [2.45, 2.75) is 19.9 Å². The van der Waals surface area contributed by atoms with E-state index < -0.39 is 11.0 Å². The number of aromatic nitrogens is 2. The molecule has 0 saturated carbocycles. The highest BCUT2D eigenvalue weighted by molar-refractivity contribution is 5.98. The van der Waals surface area contributed by atoms with Crippen molar-refractivity contribution in [3.63, 3.8) is 0 Å². The number of benzene rings is 2. The van der Waals surface area contributed by atoms with E-state index in [0.717, 1.165) is 11.0 Å². The standard InChI is InChI=1S/C19H16N4O3/c1-11-17(12(2)24)18(13-7-3-5-9-15(13)23(25)26)22-16-10-6-4-8-14(16)21-19(22)20-11/h3-10,18H,1-2H3,(H,20,21)/t18-/m1/s1. The summed E-state index contributed by atoms with van der Waals surface area (Å²) in [6.45, 7) is 3.27. The van der Waals surface area contributed by atoms with Gasteiger partial charge in [-0.2, -0.15) is 0 Å². The summed E-state index contributed by atoms with van der Waals surface area (Å²) in [6.07, 6.45) is 0. The van der Waals surface area contributed by atoms with Gasteiger partial charge >= 0.3 is 0 Å². The van der Waals surface area contributed by atoms with Crippen LogP contribution in [-0.2, 0) is 4.79 Å². The molecule has 0 fully saturated rings. The maximum absolute atomic E-state index is 12.4. The second kappa shape index (κ2) is 5.80. The molecule has 0 amide bonds. The summed E-state index contributed by atoms with van der Waals surface area (Å²) in [7, 11) is 0. The number of carbonyl (C=O) groups is 1. The van der Waals surface area contributed by atoms with Gasteiger partial charge < -0.3 is 5.32 Å². The summed E-state index contributed by atoms with van der Waals surface area (Å²) in [5.41, 5.74) is 3.17. The lowest BCUT2D eigenvalue weighted by atomic mass is 9.91. The minimum absolute atomic E-state index is 0.0188. The predicted octanol–water partition coefficient (Wildman–Crippen LogP) is 3.82. The summed E-state index contributed by atoms with van der Waals surface area (Å²) >= 11 is 0. The number of carbonyl (C=O) groups excluding carboxylic acids is 1. The van der Waals surface area contributed by atoms with Crippen molar-refractivity contribution in [1.29, 1.82) is 0 Å². The minimum atomic E-state index is -0.613. The van der Waals surface area contributed by atoms with Crippen LogP contribution in [0.2, 0.25) is 0 Å². The molecule has 0 radical (unpaired) electrons. The summed E-state index contributed by atoms with van der Waals surface area (Å²) in [6, 6.07) is 13.5. The molecule has 1 N–H and O–H groups in total. The molecular weight excluding hydrogens is 332 g/mol. The lowest BCUT2D eigenvalue weighted by Crippen LogP contribution is -2.27. The Morgan fingerprint density at radius 2 is 1.88 bits per heavy atom. The molecule has 0 unspecified atom stereocenters. The van der Waals surface area contributed by atoms with E-state index in [1.165, 1.54) is 13.0 Å². The van der Waals surface area contributed by atoms with E-state index in [4.69, 9.17) is 0 Å². The number of nitro benzene ring substituents is 1. The van der Waals surface area contributed by atoms with Crippen LogP contribution in [0.15, 0.2) is 59.8 Å². The third kappa shape index (κ3) is 2.28. The molecule has 1 atom stereocenters. The Bertz CT molecular complexity index is 1100. The van der Waals surface area contributed by atoms with Gasteiger partial charge in [-0.15, -0.1) is 0 Å². The molecule has 2 heterocycles. The van der Waals surface area contributed by atoms with Crippen LogP contribution in [-0.4, -0.2) is 20.3 Å². The van der Waals surface area contributed by atoms with Gasteiger partial charge in [0.1, 0.15) is 0 Å². The number of hydrogen-bond acceptors (Lipinski definition) is 5. The van der Waals surface area contributed by atoms with Gasteiger partial charge in [0.05, 0.1) is 27.6 Å². The number of para-hydroxylation sites is 3. The van der Waals surface area contributed by atoms with Crippen LogP contribution in [0.1, 0.15) is 25.5 Å². The molecule has 2 aromatic carbocycles. The fourth-order valence-electron chi connectivity index (χ4n) is 3.60. The predicted molar refractivity (Wildman–Crippen MR) is 98.0 cm³/mol. The van der Waals surface area contributed by atoms with Gasteiger partial charge in [0, 0.05) is 17.3 Å². The van der Waals surface area contributed by atoms with E-state index in [-0.39, 0.29) is 11.5 Å².